The number of aromatic amines is 2. The van der Waals surface area contributed by atoms with Gasteiger partial charge in [-0.2, -0.15) is 5.10 Å². The standard InChI is InChI=1S/C10H7Cl2N3O2/c11-6-2-1-5(7(12)4-6)3-8-9(16)13-10(17)15-14-8/h1-2,4H,3H2,(H2,13,15,16,17). The van der Waals surface area contributed by atoms with E-state index in [2.05, 4.69) is 15.2 Å². The Hall–Kier alpha value is -1.59. The molecular formula is C10H7Cl2N3O2. The van der Waals surface area contributed by atoms with Crippen LogP contribution in [0.5, 0.6) is 0 Å². The van der Waals surface area contributed by atoms with Gasteiger partial charge in [0.05, 0.1) is 0 Å². The molecule has 1 aromatic carbocycles. The van der Waals surface area contributed by atoms with E-state index in [1.54, 1.807) is 18.2 Å². The van der Waals surface area contributed by atoms with Gasteiger partial charge in [0.2, 0.25) is 0 Å². The van der Waals surface area contributed by atoms with Crippen molar-refractivity contribution < 1.29 is 0 Å². The van der Waals surface area contributed by atoms with Crippen molar-refractivity contribution in [3.63, 3.8) is 0 Å². The number of hydrogen-bond acceptors (Lipinski definition) is 3. The molecule has 88 valence electrons. The summed E-state index contributed by atoms with van der Waals surface area (Å²) < 4.78 is 0. The van der Waals surface area contributed by atoms with Crippen LogP contribution in [0.2, 0.25) is 10.0 Å². The summed E-state index contributed by atoms with van der Waals surface area (Å²) in [4.78, 5) is 24.3. The molecule has 5 nitrogen and oxygen atoms in total. The number of halogens is 2. The van der Waals surface area contributed by atoms with Gasteiger partial charge in [0.1, 0.15) is 5.69 Å². The van der Waals surface area contributed by atoms with E-state index in [9.17, 15) is 9.59 Å². The number of aromatic nitrogens is 3. The summed E-state index contributed by atoms with van der Waals surface area (Å²) in [5.74, 6) is 0. The van der Waals surface area contributed by atoms with Gasteiger partial charge >= 0.3 is 5.69 Å². The third-order valence-electron chi connectivity index (χ3n) is 2.15. The van der Waals surface area contributed by atoms with Gasteiger partial charge in [-0.3, -0.25) is 9.78 Å². The van der Waals surface area contributed by atoms with Crippen molar-refractivity contribution >= 4 is 23.2 Å². The SMILES string of the molecule is O=c1[nH]nc(Cc2ccc(Cl)cc2Cl)c(=O)[nH]1. The minimum Gasteiger partial charge on any atom is -0.271 e. The molecule has 0 atom stereocenters. The molecule has 0 aliphatic heterocycles. The quantitative estimate of drug-likeness (QED) is 0.866. The lowest BCUT2D eigenvalue weighted by Gasteiger charge is -2.02. The zero-order valence-corrected chi connectivity index (χ0v) is 9.97. The molecule has 2 aromatic rings. The van der Waals surface area contributed by atoms with E-state index < -0.39 is 11.2 Å². The molecule has 0 radical (unpaired) electrons. The minimum atomic E-state index is -0.638. The first-order valence-electron chi connectivity index (χ1n) is 4.68. The first-order valence-corrected chi connectivity index (χ1v) is 5.43. The summed E-state index contributed by atoms with van der Waals surface area (Å²) in [6, 6.07) is 4.96. The molecule has 7 heteroatoms. The van der Waals surface area contributed by atoms with Crippen molar-refractivity contribution in [2.24, 2.45) is 0 Å². The molecule has 1 heterocycles. The molecule has 2 N–H and O–H groups in total. The topological polar surface area (TPSA) is 78.6 Å². The second kappa shape index (κ2) is 4.73. The van der Waals surface area contributed by atoms with Gasteiger partial charge in [0, 0.05) is 16.5 Å². The van der Waals surface area contributed by atoms with Crippen molar-refractivity contribution in [3.05, 3.63) is 60.3 Å². The molecule has 0 aliphatic rings. The number of nitrogens with zero attached hydrogens (tertiary/aromatic N) is 1. The van der Waals surface area contributed by atoms with Gasteiger partial charge < -0.3 is 0 Å². The van der Waals surface area contributed by atoms with Crippen LogP contribution < -0.4 is 11.2 Å². The molecule has 0 spiro atoms. The maximum absolute atomic E-state index is 11.4. The minimum absolute atomic E-state index is 0.189. The molecule has 0 bridgehead atoms. The van der Waals surface area contributed by atoms with Crippen molar-refractivity contribution in [1.82, 2.24) is 15.2 Å². The Morgan fingerprint density at radius 2 is 2.00 bits per heavy atom. The number of benzene rings is 1. The van der Waals surface area contributed by atoms with Crippen LogP contribution >= 0.6 is 23.2 Å². The average molecular weight is 272 g/mol. The van der Waals surface area contributed by atoms with E-state index in [0.29, 0.717) is 15.6 Å². The Morgan fingerprint density at radius 3 is 2.65 bits per heavy atom. The predicted molar refractivity (Wildman–Crippen MR) is 64.7 cm³/mol. The van der Waals surface area contributed by atoms with Gasteiger partial charge in [-0.1, -0.05) is 29.3 Å². The van der Waals surface area contributed by atoms with E-state index in [4.69, 9.17) is 23.2 Å². The Labute approximate surface area is 105 Å². The molecular weight excluding hydrogens is 265 g/mol. The summed E-state index contributed by atoms with van der Waals surface area (Å²) in [7, 11) is 0. The van der Waals surface area contributed by atoms with E-state index in [0.717, 1.165) is 0 Å². The van der Waals surface area contributed by atoms with Crippen molar-refractivity contribution in [1.29, 1.82) is 0 Å². The van der Waals surface area contributed by atoms with E-state index in [-0.39, 0.29) is 12.1 Å². The van der Waals surface area contributed by atoms with Crippen molar-refractivity contribution in [2.75, 3.05) is 0 Å². The Balaban J connectivity index is 2.38. The van der Waals surface area contributed by atoms with Crippen LogP contribution in [0.1, 0.15) is 11.3 Å². The van der Waals surface area contributed by atoms with Crippen LogP contribution in [0.15, 0.2) is 27.8 Å². The predicted octanol–water partition coefficient (Wildman–Crippen LogP) is 1.36. The molecule has 17 heavy (non-hydrogen) atoms. The number of hydrogen-bond donors (Lipinski definition) is 2. The lowest BCUT2D eigenvalue weighted by atomic mass is 10.1. The van der Waals surface area contributed by atoms with Crippen LogP contribution in [0, 0.1) is 0 Å². The molecule has 0 aliphatic carbocycles. The highest BCUT2D eigenvalue weighted by molar-refractivity contribution is 6.35. The smallest absolute Gasteiger partial charge is 0.271 e. The summed E-state index contributed by atoms with van der Waals surface area (Å²) in [6.07, 6.45) is 0.224. The lowest BCUT2D eigenvalue weighted by Crippen LogP contribution is -2.27. The van der Waals surface area contributed by atoms with E-state index >= 15 is 0 Å². The molecule has 0 fully saturated rings. The molecule has 0 amide bonds. The fourth-order valence-electron chi connectivity index (χ4n) is 1.34. The largest absolute Gasteiger partial charge is 0.342 e. The van der Waals surface area contributed by atoms with E-state index in [1.807, 2.05) is 0 Å². The van der Waals surface area contributed by atoms with Gasteiger partial charge in [-0.15, -0.1) is 0 Å². The van der Waals surface area contributed by atoms with Crippen LogP contribution in [-0.4, -0.2) is 15.2 Å². The summed E-state index contributed by atoms with van der Waals surface area (Å²) in [5, 5.41) is 6.79. The molecule has 0 unspecified atom stereocenters. The molecule has 2 rings (SSSR count). The Morgan fingerprint density at radius 1 is 1.24 bits per heavy atom. The van der Waals surface area contributed by atoms with Crippen LogP contribution in [0.25, 0.3) is 0 Å². The van der Waals surface area contributed by atoms with Gasteiger partial charge in [0.15, 0.2) is 0 Å². The molecule has 0 saturated heterocycles. The Bertz CT molecular complexity index is 663. The zero-order valence-electron chi connectivity index (χ0n) is 8.46. The normalized spacial score (nSPS) is 10.5. The monoisotopic (exact) mass is 271 g/mol. The fourth-order valence-corrected chi connectivity index (χ4v) is 1.81. The second-order valence-electron chi connectivity index (χ2n) is 3.37. The van der Waals surface area contributed by atoms with Crippen molar-refractivity contribution in [3.8, 4) is 0 Å². The summed E-state index contributed by atoms with van der Waals surface area (Å²) in [5.41, 5.74) is -0.268. The van der Waals surface area contributed by atoms with Crippen LogP contribution in [0.3, 0.4) is 0 Å². The number of rotatable bonds is 2. The summed E-state index contributed by atoms with van der Waals surface area (Å²) >= 11 is 11.7. The highest BCUT2D eigenvalue weighted by Crippen LogP contribution is 2.21. The second-order valence-corrected chi connectivity index (χ2v) is 4.21. The highest BCUT2D eigenvalue weighted by Gasteiger charge is 2.07. The maximum Gasteiger partial charge on any atom is 0.342 e. The van der Waals surface area contributed by atoms with Gasteiger partial charge in [-0.05, 0) is 17.7 Å². The lowest BCUT2D eigenvalue weighted by molar-refractivity contribution is 0.828. The average Bonchev–Trinajstić information content (AvgIpc) is 2.25. The van der Waals surface area contributed by atoms with Crippen LogP contribution in [0.4, 0.5) is 0 Å². The first-order chi connectivity index (χ1) is 8.06. The summed E-state index contributed by atoms with van der Waals surface area (Å²) in [6.45, 7) is 0. The fraction of sp³-hybridized carbons (Fsp3) is 0.100. The number of H-pyrrole nitrogens is 2. The Kier molecular flexibility index (Phi) is 3.31. The third kappa shape index (κ3) is 2.75. The van der Waals surface area contributed by atoms with Crippen molar-refractivity contribution in [2.45, 2.75) is 6.42 Å². The van der Waals surface area contributed by atoms with Gasteiger partial charge in [-0.25, -0.2) is 9.89 Å². The zero-order chi connectivity index (χ0) is 12.4. The van der Waals surface area contributed by atoms with Crippen LogP contribution in [-0.2, 0) is 6.42 Å². The van der Waals surface area contributed by atoms with E-state index in [1.165, 1.54) is 0 Å². The van der Waals surface area contributed by atoms with Gasteiger partial charge in [0.25, 0.3) is 5.56 Å². The first kappa shape index (κ1) is 11.9. The maximum atomic E-state index is 11.4. The number of nitrogens with one attached hydrogen (secondary N) is 2. The molecule has 0 saturated carbocycles. The third-order valence-corrected chi connectivity index (χ3v) is 2.74. The molecule has 1 aromatic heterocycles. The highest BCUT2D eigenvalue weighted by atomic mass is 35.5.